The van der Waals surface area contributed by atoms with Gasteiger partial charge in [-0.25, -0.2) is 0 Å². The smallest absolute Gasteiger partial charge is 0.236 e. The van der Waals surface area contributed by atoms with Gasteiger partial charge >= 0.3 is 0 Å². The highest BCUT2D eigenvalue weighted by Crippen LogP contribution is 2.64. The van der Waals surface area contributed by atoms with Crippen LogP contribution in [-0.2, 0) is 19.0 Å². The Morgan fingerprint density at radius 1 is 1.32 bits per heavy atom. The normalized spacial score (nSPS) is 31.6. The molecule has 0 aromatic rings. The molecule has 2 aliphatic carbocycles. The fourth-order valence-electron chi connectivity index (χ4n) is 7.21. The van der Waals surface area contributed by atoms with Gasteiger partial charge in [-0.05, 0) is 55.9 Å². The van der Waals surface area contributed by atoms with Crippen molar-refractivity contribution in [1.82, 2.24) is 9.80 Å². The molecular weight excluding hydrogens is 468 g/mol. The number of ether oxygens (including phenoxy) is 3. The highest BCUT2D eigenvalue weighted by Gasteiger charge is 2.66. The highest BCUT2D eigenvalue weighted by atomic mass is 16.7. The van der Waals surface area contributed by atoms with Crippen molar-refractivity contribution in [1.29, 1.82) is 0 Å². The molecule has 0 bridgehead atoms. The second kappa shape index (κ2) is 11.5. The molecule has 5 atom stereocenters. The predicted molar refractivity (Wildman–Crippen MR) is 144 cm³/mol. The van der Waals surface area contributed by atoms with Gasteiger partial charge < -0.3 is 24.2 Å². The number of carbonyl (C=O) groups is 1. The fourth-order valence-corrected chi connectivity index (χ4v) is 7.21. The average molecular weight is 517 g/mol. The summed E-state index contributed by atoms with van der Waals surface area (Å²) in [6.45, 7) is 14.2. The van der Waals surface area contributed by atoms with Gasteiger partial charge in [-0.3, -0.25) is 9.69 Å². The molecule has 4 rings (SSSR count). The maximum atomic E-state index is 13.6. The van der Waals surface area contributed by atoms with Crippen molar-refractivity contribution in [2.45, 2.75) is 78.4 Å². The Morgan fingerprint density at radius 2 is 2.08 bits per heavy atom. The second-order valence-corrected chi connectivity index (χ2v) is 12.0. The van der Waals surface area contributed by atoms with Crippen LogP contribution in [-0.4, -0.2) is 79.1 Å². The molecule has 2 saturated heterocycles. The number of hydrogen-bond acceptors (Lipinski definition) is 6. The number of unbranched alkanes of at least 4 members (excludes halogenated alkanes) is 1. The van der Waals surface area contributed by atoms with Crippen molar-refractivity contribution >= 4 is 5.91 Å². The summed E-state index contributed by atoms with van der Waals surface area (Å²) in [5, 5.41) is 9.39. The highest BCUT2D eigenvalue weighted by molar-refractivity contribution is 5.78. The zero-order valence-electron chi connectivity index (χ0n) is 23.8. The van der Waals surface area contributed by atoms with Gasteiger partial charge in [0.25, 0.3) is 0 Å². The van der Waals surface area contributed by atoms with Crippen molar-refractivity contribution < 1.29 is 24.1 Å². The van der Waals surface area contributed by atoms with E-state index in [2.05, 4.69) is 57.7 Å². The number of aliphatic hydroxyl groups is 1. The number of rotatable bonds is 12. The van der Waals surface area contributed by atoms with Gasteiger partial charge in [-0.15, -0.1) is 0 Å². The summed E-state index contributed by atoms with van der Waals surface area (Å²) in [7, 11) is 1.69. The van der Waals surface area contributed by atoms with Crippen LogP contribution in [0.25, 0.3) is 0 Å². The first-order valence-electron chi connectivity index (χ1n) is 14.2. The first-order valence-corrected chi connectivity index (χ1v) is 14.2. The van der Waals surface area contributed by atoms with Gasteiger partial charge in [0.05, 0.1) is 13.7 Å². The maximum Gasteiger partial charge on any atom is 0.236 e. The van der Waals surface area contributed by atoms with Crippen LogP contribution in [0, 0.1) is 23.2 Å². The molecule has 4 unspecified atom stereocenters. The SMILES string of the molecule is C/C=C/C(C)(C)C1CC12C[C@@H](C1=CC(OC)=C3OCOC3C1C)CN2CC(=O)N(CCCC)CCCO. The molecule has 2 heterocycles. The Kier molecular flexibility index (Phi) is 8.76. The standard InChI is InChI=1S/C30H48N2O5/c1-7-9-12-31(13-10-14-33)26(34)19-32-18-22(16-30(32)17-25(30)29(4,5)11-8-2)23-15-24(35-6)28-27(21(23)3)36-20-37-28/h8,11,15,21-22,25,27,33H,7,9-10,12-14,16-20H2,1-6H3/b11-8+/t21?,22-,25?,27?,30?/m1/s1. The summed E-state index contributed by atoms with van der Waals surface area (Å²) < 4.78 is 17.4. The van der Waals surface area contributed by atoms with Crippen LogP contribution in [0.2, 0.25) is 0 Å². The number of likely N-dealkylation sites (tertiary alicyclic amines) is 1. The molecule has 37 heavy (non-hydrogen) atoms. The van der Waals surface area contributed by atoms with Crippen molar-refractivity contribution in [3.63, 3.8) is 0 Å². The number of carbonyl (C=O) groups excluding carboxylic acids is 1. The van der Waals surface area contributed by atoms with E-state index in [1.807, 2.05) is 4.90 Å². The molecule has 4 aliphatic rings. The van der Waals surface area contributed by atoms with E-state index in [4.69, 9.17) is 14.2 Å². The topological polar surface area (TPSA) is 71.5 Å². The minimum absolute atomic E-state index is 0.0293. The average Bonchev–Trinajstić information content (AvgIpc) is 3.22. The number of hydrogen-bond donors (Lipinski definition) is 1. The third-order valence-electron chi connectivity index (χ3n) is 9.19. The van der Waals surface area contributed by atoms with Gasteiger partial charge in [0, 0.05) is 37.7 Å². The van der Waals surface area contributed by atoms with E-state index in [1.54, 1.807) is 7.11 Å². The van der Waals surface area contributed by atoms with E-state index in [-0.39, 0.29) is 42.3 Å². The molecule has 1 spiro atoms. The second-order valence-electron chi connectivity index (χ2n) is 12.0. The third kappa shape index (κ3) is 5.50. The molecule has 0 aromatic carbocycles. The van der Waals surface area contributed by atoms with E-state index in [1.165, 1.54) is 5.57 Å². The van der Waals surface area contributed by atoms with E-state index >= 15 is 0 Å². The number of fused-ring (bicyclic) bond motifs is 1. The van der Waals surface area contributed by atoms with Crippen LogP contribution in [0.5, 0.6) is 0 Å². The van der Waals surface area contributed by atoms with Crippen LogP contribution < -0.4 is 0 Å². The Labute approximate surface area is 223 Å². The molecule has 7 heteroatoms. The van der Waals surface area contributed by atoms with Crippen LogP contribution in [0.15, 0.2) is 35.3 Å². The Balaban J connectivity index is 1.59. The first-order chi connectivity index (χ1) is 17.7. The lowest BCUT2D eigenvalue weighted by Gasteiger charge is -2.32. The van der Waals surface area contributed by atoms with Crippen LogP contribution in [0.3, 0.4) is 0 Å². The molecule has 7 nitrogen and oxygen atoms in total. The lowest BCUT2D eigenvalue weighted by Crippen LogP contribution is -2.45. The first kappa shape index (κ1) is 28.2. The maximum absolute atomic E-state index is 13.6. The molecule has 1 amide bonds. The van der Waals surface area contributed by atoms with E-state index < -0.39 is 0 Å². The number of allylic oxidation sites excluding steroid dienone is 3. The molecule has 2 aliphatic heterocycles. The van der Waals surface area contributed by atoms with E-state index in [0.29, 0.717) is 31.3 Å². The van der Waals surface area contributed by atoms with Gasteiger partial charge in [-0.1, -0.05) is 51.8 Å². The Morgan fingerprint density at radius 3 is 2.76 bits per heavy atom. The summed E-state index contributed by atoms with van der Waals surface area (Å²) >= 11 is 0. The Hall–Kier alpha value is -1.83. The number of methoxy groups -OCH3 is 1. The molecule has 1 N–H and O–H groups in total. The van der Waals surface area contributed by atoms with Gasteiger partial charge in [-0.2, -0.15) is 0 Å². The fraction of sp³-hybridized carbons (Fsp3) is 0.767. The molecule has 208 valence electrons. The van der Waals surface area contributed by atoms with Crippen molar-refractivity contribution in [2.24, 2.45) is 23.2 Å². The number of aliphatic hydroxyl groups excluding tert-OH is 1. The summed E-state index contributed by atoms with van der Waals surface area (Å²) in [5.41, 5.74) is 1.45. The van der Waals surface area contributed by atoms with Crippen LogP contribution in [0.1, 0.15) is 66.7 Å². The van der Waals surface area contributed by atoms with Crippen molar-refractivity contribution in [3.05, 3.63) is 35.3 Å². The molecule has 1 saturated carbocycles. The summed E-state index contributed by atoms with van der Waals surface area (Å²) in [6, 6.07) is 0. The van der Waals surface area contributed by atoms with Crippen molar-refractivity contribution in [3.8, 4) is 0 Å². The molecule has 0 radical (unpaired) electrons. The zero-order chi connectivity index (χ0) is 26.8. The monoisotopic (exact) mass is 516 g/mol. The third-order valence-corrected chi connectivity index (χ3v) is 9.19. The van der Waals surface area contributed by atoms with Gasteiger partial charge in [0.15, 0.2) is 18.3 Å². The van der Waals surface area contributed by atoms with Crippen LogP contribution >= 0.6 is 0 Å². The number of amides is 1. The minimum atomic E-state index is -0.0981. The minimum Gasteiger partial charge on any atom is -0.493 e. The summed E-state index contributed by atoms with van der Waals surface area (Å²) in [6.07, 6.45) is 11.4. The summed E-state index contributed by atoms with van der Waals surface area (Å²) in [5.74, 6) is 2.83. The van der Waals surface area contributed by atoms with E-state index in [0.717, 1.165) is 50.3 Å². The van der Waals surface area contributed by atoms with Crippen molar-refractivity contribution in [2.75, 3.05) is 46.7 Å². The summed E-state index contributed by atoms with van der Waals surface area (Å²) in [4.78, 5) is 18.1. The lowest BCUT2D eigenvalue weighted by atomic mass is 9.78. The molecule has 3 fully saturated rings. The number of nitrogens with zero attached hydrogens (tertiary/aromatic N) is 2. The molecular formula is C30H48N2O5. The van der Waals surface area contributed by atoms with E-state index in [9.17, 15) is 9.90 Å². The lowest BCUT2D eigenvalue weighted by molar-refractivity contribution is -0.133. The van der Waals surface area contributed by atoms with Crippen LogP contribution in [0.4, 0.5) is 0 Å². The van der Waals surface area contributed by atoms with Gasteiger partial charge in [0.2, 0.25) is 5.91 Å². The zero-order valence-corrected chi connectivity index (χ0v) is 23.8. The molecule has 0 aromatic heterocycles. The Bertz CT molecular complexity index is 917. The predicted octanol–water partition coefficient (Wildman–Crippen LogP) is 4.49. The largest absolute Gasteiger partial charge is 0.493 e. The quantitative estimate of drug-likeness (QED) is 0.386. The van der Waals surface area contributed by atoms with Gasteiger partial charge in [0.1, 0.15) is 6.10 Å².